The molecule has 2 heterocycles. The van der Waals surface area contributed by atoms with Crippen molar-refractivity contribution < 1.29 is 38.5 Å². The Morgan fingerprint density at radius 3 is 2.42 bits per heavy atom. The van der Waals surface area contributed by atoms with E-state index in [0.717, 1.165) is 17.7 Å². The van der Waals surface area contributed by atoms with E-state index >= 15 is 0 Å². The van der Waals surface area contributed by atoms with Gasteiger partial charge in [-0.25, -0.2) is 4.79 Å². The highest BCUT2D eigenvalue weighted by atomic mass is 16.5. The molecule has 10 heteroatoms. The van der Waals surface area contributed by atoms with Crippen LogP contribution in [-0.4, -0.2) is 67.2 Å². The Balaban J connectivity index is 1.59. The minimum absolute atomic E-state index is 0.00643. The second-order valence-electron chi connectivity index (χ2n) is 7.63. The van der Waals surface area contributed by atoms with Gasteiger partial charge in [0.1, 0.15) is 0 Å². The molecule has 0 bridgehead atoms. The van der Waals surface area contributed by atoms with Crippen molar-refractivity contribution >= 4 is 29.4 Å². The molecule has 0 radical (unpaired) electrons. The monoisotopic (exact) mass is 454 g/mol. The van der Waals surface area contributed by atoms with Gasteiger partial charge in [0, 0.05) is 24.3 Å². The van der Waals surface area contributed by atoms with E-state index in [1.165, 1.54) is 44.6 Å². The molecule has 10 nitrogen and oxygen atoms in total. The van der Waals surface area contributed by atoms with Crippen molar-refractivity contribution in [2.24, 2.45) is 0 Å². The Labute approximate surface area is 189 Å². The highest BCUT2D eigenvalue weighted by Crippen LogP contribution is 2.34. The SMILES string of the molecule is COc1cc(NC(=O)c2ccc3c(c2)C(=O)N(C[C@@H]2CCCO2)C3=O)c(C(=O)O)cc1OC. The van der Waals surface area contributed by atoms with Gasteiger partial charge in [-0.05, 0) is 31.0 Å². The van der Waals surface area contributed by atoms with Crippen LogP contribution >= 0.6 is 0 Å². The lowest BCUT2D eigenvalue weighted by Crippen LogP contribution is -2.36. The van der Waals surface area contributed by atoms with Crippen LogP contribution in [0.15, 0.2) is 30.3 Å². The molecule has 0 unspecified atom stereocenters. The van der Waals surface area contributed by atoms with E-state index in [2.05, 4.69) is 5.32 Å². The highest BCUT2D eigenvalue weighted by Gasteiger charge is 2.38. The molecule has 0 saturated carbocycles. The number of imide groups is 1. The molecule has 1 saturated heterocycles. The Morgan fingerprint density at radius 2 is 1.79 bits per heavy atom. The number of rotatable bonds is 7. The van der Waals surface area contributed by atoms with Crippen molar-refractivity contribution in [3.8, 4) is 11.5 Å². The largest absolute Gasteiger partial charge is 0.493 e. The van der Waals surface area contributed by atoms with Crippen LogP contribution in [-0.2, 0) is 4.74 Å². The van der Waals surface area contributed by atoms with Crippen LogP contribution in [0.5, 0.6) is 11.5 Å². The quantitative estimate of drug-likeness (QED) is 0.610. The summed E-state index contributed by atoms with van der Waals surface area (Å²) in [5.74, 6) is -2.41. The summed E-state index contributed by atoms with van der Waals surface area (Å²) < 4.78 is 15.8. The number of anilines is 1. The summed E-state index contributed by atoms with van der Waals surface area (Å²) in [5.41, 5.74) is 0.229. The van der Waals surface area contributed by atoms with E-state index in [1.807, 2.05) is 0 Å². The fourth-order valence-electron chi connectivity index (χ4n) is 3.94. The maximum absolute atomic E-state index is 12.9. The van der Waals surface area contributed by atoms with Crippen molar-refractivity contribution in [1.29, 1.82) is 0 Å². The Bertz CT molecular complexity index is 1150. The zero-order chi connectivity index (χ0) is 23.7. The number of carboxylic acid groups (broad SMARTS) is 1. The van der Waals surface area contributed by atoms with Crippen LogP contribution in [0.4, 0.5) is 5.69 Å². The number of nitrogens with one attached hydrogen (secondary N) is 1. The van der Waals surface area contributed by atoms with Crippen LogP contribution in [0, 0.1) is 0 Å². The van der Waals surface area contributed by atoms with E-state index in [1.54, 1.807) is 0 Å². The first-order chi connectivity index (χ1) is 15.8. The average Bonchev–Trinajstić information content (AvgIpc) is 3.41. The van der Waals surface area contributed by atoms with Gasteiger partial charge >= 0.3 is 5.97 Å². The number of carbonyl (C=O) groups is 4. The molecule has 0 aromatic heterocycles. The summed E-state index contributed by atoms with van der Waals surface area (Å²) in [5, 5.41) is 12.1. The molecule has 1 fully saturated rings. The number of amides is 3. The predicted octanol–water partition coefficient (Wildman–Crippen LogP) is 2.43. The van der Waals surface area contributed by atoms with Gasteiger partial charge in [-0.15, -0.1) is 0 Å². The minimum atomic E-state index is -1.27. The first-order valence-corrected chi connectivity index (χ1v) is 10.3. The summed E-state index contributed by atoms with van der Waals surface area (Å²) in [6.07, 6.45) is 1.47. The second kappa shape index (κ2) is 8.91. The molecule has 0 aliphatic carbocycles. The molecule has 2 aliphatic rings. The third kappa shape index (κ3) is 4.12. The molecule has 1 atom stereocenters. The number of benzene rings is 2. The van der Waals surface area contributed by atoms with E-state index < -0.39 is 23.7 Å². The van der Waals surface area contributed by atoms with Crippen molar-refractivity contribution in [3.05, 3.63) is 52.6 Å². The van der Waals surface area contributed by atoms with Gasteiger partial charge in [0.2, 0.25) is 0 Å². The fourth-order valence-corrected chi connectivity index (χ4v) is 3.94. The predicted molar refractivity (Wildman–Crippen MR) is 115 cm³/mol. The van der Waals surface area contributed by atoms with Crippen molar-refractivity contribution in [2.75, 3.05) is 32.7 Å². The van der Waals surface area contributed by atoms with Gasteiger partial charge < -0.3 is 24.6 Å². The number of hydrogen-bond acceptors (Lipinski definition) is 7. The second-order valence-corrected chi connectivity index (χ2v) is 7.63. The number of hydrogen-bond donors (Lipinski definition) is 2. The van der Waals surface area contributed by atoms with Crippen molar-refractivity contribution in [3.63, 3.8) is 0 Å². The maximum atomic E-state index is 12.9. The van der Waals surface area contributed by atoms with Crippen LogP contribution in [0.3, 0.4) is 0 Å². The van der Waals surface area contributed by atoms with E-state index in [0.29, 0.717) is 6.61 Å². The lowest BCUT2D eigenvalue weighted by atomic mass is 10.0. The van der Waals surface area contributed by atoms with E-state index in [-0.39, 0.29) is 52.1 Å². The lowest BCUT2D eigenvalue weighted by molar-refractivity contribution is 0.0475. The first-order valence-electron chi connectivity index (χ1n) is 10.3. The molecule has 0 spiro atoms. The highest BCUT2D eigenvalue weighted by molar-refractivity contribution is 6.22. The van der Waals surface area contributed by atoms with Crippen LogP contribution < -0.4 is 14.8 Å². The fraction of sp³-hybridized carbons (Fsp3) is 0.304. The molecule has 33 heavy (non-hydrogen) atoms. The number of carboxylic acids is 1. The third-order valence-corrected chi connectivity index (χ3v) is 5.65. The van der Waals surface area contributed by atoms with Crippen molar-refractivity contribution in [2.45, 2.75) is 18.9 Å². The zero-order valence-corrected chi connectivity index (χ0v) is 18.0. The molecular formula is C23H22N2O8. The summed E-state index contributed by atoms with van der Waals surface area (Å²) in [6.45, 7) is 0.772. The standard InChI is InChI=1S/C23H22N2O8/c1-31-18-9-16(23(29)30)17(10-19(18)32-2)24-20(26)12-5-6-14-15(8-12)22(28)25(21(14)27)11-13-4-3-7-33-13/h5-6,8-10,13H,3-4,7,11H2,1-2H3,(H,24,26)(H,29,30)/t13-/m0/s1. The molecular weight excluding hydrogens is 432 g/mol. The molecule has 172 valence electrons. The van der Waals surface area contributed by atoms with Gasteiger partial charge in [-0.3, -0.25) is 19.3 Å². The minimum Gasteiger partial charge on any atom is -0.493 e. The number of aromatic carboxylic acids is 1. The van der Waals surface area contributed by atoms with Gasteiger partial charge in [-0.1, -0.05) is 0 Å². The van der Waals surface area contributed by atoms with E-state index in [4.69, 9.17) is 14.2 Å². The molecule has 2 aromatic rings. The van der Waals surface area contributed by atoms with Crippen LogP contribution in [0.2, 0.25) is 0 Å². The third-order valence-electron chi connectivity index (χ3n) is 5.65. The summed E-state index contributed by atoms with van der Waals surface area (Å²) in [4.78, 5) is 51.2. The Morgan fingerprint density at radius 1 is 1.09 bits per heavy atom. The number of ether oxygens (including phenoxy) is 3. The number of carbonyl (C=O) groups excluding carboxylic acids is 3. The molecule has 2 aliphatic heterocycles. The Hall–Kier alpha value is -3.92. The molecule has 4 rings (SSSR count). The number of methoxy groups -OCH3 is 2. The summed E-state index contributed by atoms with van der Waals surface area (Å²) in [7, 11) is 2.75. The molecule has 2 aromatic carbocycles. The van der Waals surface area contributed by atoms with Crippen molar-refractivity contribution in [1.82, 2.24) is 4.90 Å². The number of nitrogens with zero attached hydrogens (tertiary/aromatic N) is 1. The maximum Gasteiger partial charge on any atom is 0.337 e. The van der Waals surface area contributed by atoms with Gasteiger partial charge in [0.05, 0.1) is 49.2 Å². The van der Waals surface area contributed by atoms with Crippen LogP contribution in [0.25, 0.3) is 0 Å². The average molecular weight is 454 g/mol. The lowest BCUT2D eigenvalue weighted by Gasteiger charge is -2.17. The molecule has 2 N–H and O–H groups in total. The van der Waals surface area contributed by atoms with Crippen LogP contribution in [0.1, 0.15) is 54.3 Å². The van der Waals surface area contributed by atoms with Gasteiger partial charge in [0.15, 0.2) is 11.5 Å². The normalized spacial score (nSPS) is 17.2. The van der Waals surface area contributed by atoms with Gasteiger partial charge in [0.25, 0.3) is 17.7 Å². The zero-order valence-electron chi connectivity index (χ0n) is 18.0. The molecule has 3 amide bonds. The topological polar surface area (TPSA) is 131 Å². The van der Waals surface area contributed by atoms with E-state index in [9.17, 15) is 24.3 Å². The smallest absolute Gasteiger partial charge is 0.337 e. The Kier molecular flexibility index (Phi) is 6.01. The first kappa shape index (κ1) is 22.3. The summed E-state index contributed by atoms with van der Waals surface area (Å²) >= 11 is 0. The van der Waals surface area contributed by atoms with Gasteiger partial charge in [-0.2, -0.15) is 0 Å². The number of fused-ring (bicyclic) bond motifs is 1. The summed E-state index contributed by atoms with van der Waals surface area (Å²) in [6, 6.07) is 6.75.